The average molecular weight is 386 g/mol. The van der Waals surface area contributed by atoms with E-state index in [1.165, 1.54) is 12.8 Å². The average Bonchev–Trinajstić information content (AvgIpc) is 2.90. The summed E-state index contributed by atoms with van der Waals surface area (Å²) in [4.78, 5) is 39.2. The first-order chi connectivity index (χ1) is 13.5. The van der Waals surface area contributed by atoms with E-state index in [2.05, 4.69) is 17.6 Å². The fourth-order valence-electron chi connectivity index (χ4n) is 4.37. The van der Waals surface area contributed by atoms with Crippen molar-refractivity contribution in [1.29, 1.82) is 0 Å². The molecule has 1 aliphatic carbocycles. The van der Waals surface area contributed by atoms with Crippen molar-refractivity contribution in [3.05, 3.63) is 35.4 Å². The van der Waals surface area contributed by atoms with Crippen molar-refractivity contribution in [2.45, 2.75) is 76.8 Å². The van der Waals surface area contributed by atoms with Gasteiger partial charge in [-0.25, -0.2) is 4.79 Å². The first-order valence-electron chi connectivity index (χ1n) is 10.5. The number of fused-ring (bicyclic) bond motifs is 2. The molecule has 3 rings (SSSR count). The van der Waals surface area contributed by atoms with E-state index in [-0.39, 0.29) is 24.4 Å². The van der Waals surface area contributed by atoms with Gasteiger partial charge in [-0.3, -0.25) is 14.5 Å². The summed E-state index contributed by atoms with van der Waals surface area (Å²) in [6.45, 7) is 3.91. The van der Waals surface area contributed by atoms with Crippen molar-refractivity contribution in [2.75, 3.05) is 6.54 Å². The summed E-state index contributed by atoms with van der Waals surface area (Å²) in [5.41, 5.74) is 0.944. The molecule has 2 atom stereocenters. The molecule has 152 valence electrons. The van der Waals surface area contributed by atoms with Crippen molar-refractivity contribution in [3.63, 3.8) is 0 Å². The van der Waals surface area contributed by atoms with Crippen molar-refractivity contribution in [1.82, 2.24) is 15.5 Å². The summed E-state index contributed by atoms with van der Waals surface area (Å²) in [6, 6.07) is 7.31. The Labute approximate surface area is 167 Å². The van der Waals surface area contributed by atoms with E-state index in [0.717, 1.165) is 48.1 Å². The van der Waals surface area contributed by atoms with Crippen LogP contribution in [0.15, 0.2) is 24.3 Å². The summed E-state index contributed by atoms with van der Waals surface area (Å²) in [5, 5.41) is 5.81. The molecule has 0 unspecified atom stereocenters. The third-order valence-electron chi connectivity index (χ3n) is 5.85. The normalized spacial score (nSPS) is 22.1. The molecule has 1 aliphatic heterocycles. The lowest BCUT2D eigenvalue weighted by molar-refractivity contribution is -0.135. The van der Waals surface area contributed by atoms with Crippen LogP contribution in [0.2, 0.25) is 0 Å². The van der Waals surface area contributed by atoms with Gasteiger partial charge in [-0.2, -0.15) is 0 Å². The SMILES string of the molecule is CCCCCC[C@H](C)NC(=O)CN1C(=O)N[C@]2(CCCc3ccccc32)C1=O. The fraction of sp³-hybridized carbons (Fsp3) is 0.591. The number of hydrogen-bond donors (Lipinski definition) is 2. The predicted molar refractivity (Wildman–Crippen MR) is 108 cm³/mol. The van der Waals surface area contributed by atoms with Crippen molar-refractivity contribution in [2.24, 2.45) is 0 Å². The topological polar surface area (TPSA) is 78.5 Å². The second kappa shape index (κ2) is 8.76. The van der Waals surface area contributed by atoms with Crippen molar-refractivity contribution in [3.8, 4) is 0 Å². The van der Waals surface area contributed by atoms with Gasteiger partial charge in [0.1, 0.15) is 12.1 Å². The third kappa shape index (κ3) is 4.05. The van der Waals surface area contributed by atoms with Gasteiger partial charge in [-0.1, -0.05) is 56.9 Å². The molecule has 6 nitrogen and oxygen atoms in total. The maximum atomic E-state index is 13.2. The zero-order valence-electron chi connectivity index (χ0n) is 16.9. The van der Waals surface area contributed by atoms with E-state index in [9.17, 15) is 14.4 Å². The van der Waals surface area contributed by atoms with E-state index >= 15 is 0 Å². The molecule has 0 bridgehead atoms. The fourth-order valence-corrected chi connectivity index (χ4v) is 4.37. The Kier molecular flexibility index (Phi) is 6.37. The maximum Gasteiger partial charge on any atom is 0.325 e. The van der Waals surface area contributed by atoms with Gasteiger partial charge in [0.2, 0.25) is 5.91 Å². The minimum absolute atomic E-state index is 0.0366. The Morgan fingerprint density at radius 1 is 1.25 bits per heavy atom. The highest BCUT2D eigenvalue weighted by atomic mass is 16.2. The Morgan fingerprint density at radius 2 is 2.04 bits per heavy atom. The lowest BCUT2D eigenvalue weighted by Gasteiger charge is -2.33. The number of amides is 4. The number of benzene rings is 1. The molecule has 28 heavy (non-hydrogen) atoms. The summed E-state index contributed by atoms with van der Waals surface area (Å²) in [7, 11) is 0. The second-order valence-corrected chi connectivity index (χ2v) is 8.06. The molecular weight excluding hydrogens is 354 g/mol. The molecule has 0 radical (unpaired) electrons. The lowest BCUT2D eigenvalue weighted by atomic mass is 9.76. The molecule has 0 saturated carbocycles. The van der Waals surface area contributed by atoms with E-state index in [1.807, 2.05) is 31.2 Å². The number of imide groups is 1. The smallest absolute Gasteiger partial charge is 0.325 e. The number of hydrogen-bond acceptors (Lipinski definition) is 3. The molecule has 1 aromatic rings. The van der Waals surface area contributed by atoms with Gasteiger partial charge in [0, 0.05) is 6.04 Å². The Bertz CT molecular complexity index is 748. The maximum absolute atomic E-state index is 13.2. The van der Waals surface area contributed by atoms with Crippen LogP contribution in [0.25, 0.3) is 0 Å². The highest BCUT2D eigenvalue weighted by Crippen LogP contribution is 2.39. The van der Waals surface area contributed by atoms with Gasteiger partial charge < -0.3 is 10.6 Å². The molecule has 1 aromatic carbocycles. The summed E-state index contributed by atoms with van der Waals surface area (Å²) in [6.07, 6.45) is 7.81. The number of rotatable bonds is 8. The Morgan fingerprint density at radius 3 is 2.82 bits per heavy atom. The van der Waals surface area contributed by atoms with Gasteiger partial charge in [-0.15, -0.1) is 0 Å². The van der Waals surface area contributed by atoms with Gasteiger partial charge >= 0.3 is 6.03 Å². The quantitative estimate of drug-likeness (QED) is 0.533. The van der Waals surface area contributed by atoms with Crippen LogP contribution in [-0.2, 0) is 21.5 Å². The molecule has 1 saturated heterocycles. The molecule has 2 N–H and O–H groups in total. The summed E-state index contributed by atoms with van der Waals surface area (Å²) in [5.74, 6) is -0.594. The molecule has 1 fully saturated rings. The largest absolute Gasteiger partial charge is 0.352 e. The van der Waals surface area contributed by atoms with Crippen LogP contribution in [0.3, 0.4) is 0 Å². The third-order valence-corrected chi connectivity index (χ3v) is 5.85. The molecule has 0 aromatic heterocycles. The summed E-state index contributed by atoms with van der Waals surface area (Å²) >= 11 is 0. The Balaban J connectivity index is 1.63. The number of nitrogens with zero attached hydrogens (tertiary/aromatic N) is 1. The van der Waals surface area contributed by atoms with Gasteiger partial charge in [0.25, 0.3) is 5.91 Å². The standard InChI is InChI=1S/C22H31N3O3/c1-3-4-5-6-10-16(2)23-19(26)15-25-20(27)22(24-21(25)28)14-9-12-17-11-7-8-13-18(17)22/h7-8,11,13,16H,3-6,9-10,12,14-15H2,1-2H3,(H,23,26)(H,24,28)/t16-,22-/m0/s1. The van der Waals surface area contributed by atoms with Crippen LogP contribution < -0.4 is 10.6 Å². The van der Waals surface area contributed by atoms with E-state index in [1.54, 1.807) is 0 Å². The van der Waals surface area contributed by atoms with Gasteiger partial charge in [-0.05, 0) is 43.7 Å². The highest BCUT2D eigenvalue weighted by molar-refractivity contribution is 6.09. The monoisotopic (exact) mass is 385 g/mol. The van der Waals surface area contributed by atoms with Gasteiger partial charge in [0.15, 0.2) is 0 Å². The molecular formula is C22H31N3O3. The minimum atomic E-state index is -1.02. The molecule has 2 aliphatic rings. The first-order valence-corrected chi connectivity index (χ1v) is 10.5. The highest BCUT2D eigenvalue weighted by Gasteiger charge is 2.54. The van der Waals surface area contributed by atoms with Crippen LogP contribution in [0.5, 0.6) is 0 Å². The van der Waals surface area contributed by atoms with Crippen molar-refractivity contribution >= 4 is 17.8 Å². The van der Waals surface area contributed by atoms with E-state index < -0.39 is 11.6 Å². The van der Waals surface area contributed by atoms with Crippen LogP contribution in [0.1, 0.15) is 69.9 Å². The zero-order chi connectivity index (χ0) is 20.1. The van der Waals surface area contributed by atoms with Crippen LogP contribution >= 0.6 is 0 Å². The number of unbranched alkanes of at least 4 members (excludes halogenated alkanes) is 3. The number of aryl methyl sites for hydroxylation is 1. The van der Waals surface area contributed by atoms with Crippen molar-refractivity contribution < 1.29 is 14.4 Å². The number of urea groups is 1. The molecule has 1 heterocycles. The Hall–Kier alpha value is -2.37. The minimum Gasteiger partial charge on any atom is -0.352 e. The summed E-state index contributed by atoms with van der Waals surface area (Å²) < 4.78 is 0. The first kappa shape index (κ1) is 20.4. The molecule has 4 amide bonds. The molecule has 6 heteroatoms. The number of carbonyl (C=O) groups excluding carboxylic acids is 3. The zero-order valence-corrected chi connectivity index (χ0v) is 16.9. The van der Waals surface area contributed by atoms with E-state index in [0.29, 0.717) is 6.42 Å². The van der Waals surface area contributed by atoms with Crippen LogP contribution in [0, 0.1) is 0 Å². The second-order valence-electron chi connectivity index (χ2n) is 8.06. The number of carbonyl (C=O) groups is 3. The predicted octanol–water partition coefficient (Wildman–Crippen LogP) is 3.25. The van der Waals surface area contributed by atoms with Gasteiger partial charge in [0.05, 0.1) is 0 Å². The van der Waals surface area contributed by atoms with Crippen LogP contribution in [-0.4, -0.2) is 35.3 Å². The van der Waals surface area contributed by atoms with E-state index in [4.69, 9.17) is 0 Å². The number of nitrogens with one attached hydrogen (secondary N) is 2. The lowest BCUT2D eigenvalue weighted by Crippen LogP contribution is -2.47. The molecule has 1 spiro atoms. The van der Waals surface area contributed by atoms with Crippen LogP contribution in [0.4, 0.5) is 4.79 Å².